The van der Waals surface area contributed by atoms with E-state index in [2.05, 4.69) is 5.32 Å². The molecule has 0 saturated carbocycles. The third kappa shape index (κ3) is 3.52. The molecule has 22 heavy (non-hydrogen) atoms. The van der Waals surface area contributed by atoms with Crippen LogP contribution in [0.4, 0.5) is 0 Å². The van der Waals surface area contributed by atoms with Crippen molar-refractivity contribution in [3.05, 3.63) is 71.3 Å². The Morgan fingerprint density at radius 3 is 2.32 bits per heavy atom. The summed E-state index contributed by atoms with van der Waals surface area (Å²) in [5.74, 6) is -0.560. The molecular formula is C18H19NO3. The van der Waals surface area contributed by atoms with Crippen molar-refractivity contribution in [3.63, 3.8) is 0 Å². The van der Waals surface area contributed by atoms with E-state index in [1.807, 2.05) is 37.3 Å². The summed E-state index contributed by atoms with van der Waals surface area (Å²) in [7, 11) is 1.35. The molecule has 1 unspecified atom stereocenters. The maximum Gasteiger partial charge on any atom is 0.338 e. The van der Waals surface area contributed by atoms with Crippen molar-refractivity contribution in [2.75, 3.05) is 7.11 Å². The molecule has 1 atom stereocenters. The predicted molar refractivity (Wildman–Crippen MR) is 84.7 cm³/mol. The predicted octanol–water partition coefficient (Wildman–Crippen LogP) is 3.35. The molecule has 2 aromatic rings. The minimum absolute atomic E-state index is 0.160. The van der Waals surface area contributed by atoms with Gasteiger partial charge in [0.15, 0.2) is 0 Å². The zero-order valence-corrected chi connectivity index (χ0v) is 12.7. The zero-order chi connectivity index (χ0) is 15.9. The first-order chi connectivity index (χ1) is 10.7. The van der Waals surface area contributed by atoms with Gasteiger partial charge < -0.3 is 10.1 Å². The second-order valence-corrected chi connectivity index (χ2v) is 4.88. The minimum atomic E-state index is -0.400. The van der Waals surface area contributed by atoms with Crippen molar-refractivity contribution >= 4 is 11.9 Å². The number of methoxy groups -OCH3 is 1. The molecule has 0 aliphatic carbocycles. The number of esters is 1. The van der Waals surface area contributed by atoms with Gasteiger partial charge in [0.1, 0.15) is 0 Å². The van der Waals surface area contributed by atoms with Crippen LogP contribution in [-0.2, 0) is 4.74 Å². The number of nitrogens with one attached hydrogen (secondary N) is 1. The third-order valence-corrected chi connectivity index (χ3v) is 3.49. The molecule has 0 saturated heterocycles. The number of carbonyl (C=O) groups is 2. The van der Waals surface area contributed by atoms with Gasteiger partial charge in [-0.15, -0.1) is 0 Å². The standard InChI is InChI=1S/C18H19NO3/c1-3-16(19-17(20)13-9-5-4-6-10-13)14-11-7-8-12-15(14)18(21)22-2/h4-12,16H,3H2,1-2H3,(H,19,20). The topological polar surface area (TPSA) is 55.4 Å². The van der Waals surface area contributed by atoms with E-state index in [9.17, 15) is 9.59 Å². The van der Waals surface area contributed by atoms with Crippen molar-refractivity contribution in [1.82, 2.24) is 5.32 Å². The van der Waals surface area contributed by atoms with E-state index in [1.54, 1.807) is 24.3 Å². The van der Waals surface area contributed by atoms with Gasteiger partial charge in [0.2, 0.25) is 0 Å². The molecule has 0 bridgehead atoms. The lowest BCUT2D eigenvalue weighted by atomic mass is 9.98. The van der Waals surface area contributed by atoms with E-state index in [1.165, 1.54) is 7.11 Å². The van der Waals surface area contributed by atoms with Gasteiger partial charge in [0.05, 0.1) is 18.7 Å². The monoisotopic (exact) mass is 297 g/mol. The van der Waals surface area contributed by atoms with Crippen LogP contribution in [0.25, 0.3) is 0 Å². The first-order valence-electron chi connectivity index (χ1n) is 7.20. The molecule has 114 valence electrons. The maximum atomic E-state index is 12.3. The van der Waals surface area contributed by atoms with E-state index in [0.29, 0.717) is 17.5 Å². The van der Waals surface area contributed by atoms with Crippen molar-refractivity contribution in [3.8, 4) is 0 Å². The Balaban J connectivity index is 2.26. The molecule has 1 amide bonds. The normalized spacial score (nSPS) is 11.5. The van der Waals surface area contributed by atoms with Crippen LogP contribution < -0.4 is 5.32 Å². The van der Waals surface area contributed by atoms with Crippen LogP contribution in [0.2, 0.25) is 0 Å². The second kappa shape index (κ2) is 7.41. The molecule has 4 nitrogen and oxygen atoms in total. The van der Waals surface area contributed by atoms with Crippen LogP contribution >= 0.6 is 0 Å². The zero-order valence-electron chi connectivity index (χ0n) is 12.7. The van der Waals surface area contributed by atoms with Crippen LogP contribution in [-0.4, -0.2) is 19.0 Å². The lowest BCUT2D eigenvalue weighted by molar-refractivity contribution is 0.0597. The molecule has 4 heteroatoms. The van der Waals surface area contributed by atoms with E-state index in [4.69, 9.17) is 4.74 Å². The number of rotatable bonds is 5. The van der Waals surface area contributed by atoms with E-state index >= 15 is 0 Å². The fraction of sp³-hybridized carbons (Fsp3) is 0.222. The molecule has 0 spiro atoms. The van der Waals surface area contributed by atoms with E-state index in [-0.39, 0.29) is 11.9 Å². The van der Waals surface area contributed by atoms with Gasteiger partial charge in [-0.2, -0.15) is 0 Å². The molecule has 0 heterocycles. The number of carbonyl (C=O) groups excluding carboxylic acids is 2. The van der Waals surface area contributed by atoms with Crippen molar-refractivity contribution in [2.45, 2.75) is 19.4 Å². The number of benzene rings is 2. The Bertz CT molecular complexity index is 652. The fourth-order valence-electron chi connectivity index (χ4n) is 2.33. The van der Waals surface area contributed by atoms with Crippen molar-refractivity contribution in [1.29, 1.82) is 0 Å². The average Bonchev–Trinajstić information content (AvgIpc) is 2.59. The summed E-state index contributed by atoms with van der Waals surface area (Å²) in [5, 5.41) is 2.97. The summed E-state index contributed by atoms with van der Waals surface area (Å²) in [5.41, 5.74) is 1.84. The first kappa shape index (κ1) is 15.8. The average molecular weight is 297 g/mol. The lowest BCUT2D eigenvalue weighted by Crippen LogP contribution is -2.29. The minimum Gasteiger partial charge on any atom is -0.465 e. The number of hydrogen-bond acceptors (Lipinski definition) is 3. The lowest BCUT2D eigenvalue weighted by Gasteiger charge is -2.20. The van der Waals surface area contributed by atoms with Crippen LogP contribution in [0.5, 0.6) is 0 Å². The highest BCUT2D eigenvalue weighted by Gasteiger charge is 2.20. The summed E-state index contributed by atoms with van der Waals surface area (Å²) in [6, 6.07) is 15.9. The van der Waals surface area contributed by atoms with E-state index < -0.39 is 5.97 Å². The van der Waals surface area contributed by atoms with Gasteiger partial charge in [-0.1, -0.05) is 43.3 Å². The Hall–Kier alpha value is -2.62. The Morgan fingerprint density at radius 1 is 1.05 bits per heavy atom. The smallest absolute Gasteiger partial charge is 0.338 e. The maximum absolute atomic E-state index is 12.3. The summed E-state index contributed by atoms with van der Waals surface area (Å²) in [6.07, 6.45) is 0.673. The highest BCUT2D eigenvalue weighted by atomic mass is 16.5. The van der Waals surface area contributed by atoms with Gasteiger partial charge in [-0.05, 0) is 30.2 Å². The Labute approximate surface area is 130 Å². The fourth-order valence-corrected chi connectivity index (χ4v) is 2.33. The molecule has 0 aliphatic rings. The molecular weight excluding hydrogens is 278 g/mol. The van der Waals surface area contributed by atoms with Crippen LogP contribution in [0.1, 0.15) is 45.7 Å². The Kier molecular flexibility index (Phi) is 5.31. The van der Waals surface area contributed by atoms with Gasteiger partial charge >= 0.3 is 5.97 Å². The molecule has 0 fully saturated rings. The second-order valence-electron chi connectivity index (χ2n) is 4.88. The van der Waals surface area contributed by atoms with Crippen LogP contribution in [0, 0.1) is 0 Å². The quantitative estimate of drug-likeness (QED) is 0.861. The van der Waals surface area contributed by atoms with E-state index in [0.717, 1.165) is 5.56 Å². The summed E-state index contributed by atoms with van der Waals surface area (Å²) in [6.45, 7) is 1.96. The number of ether oxygens (including phenoxy) is 1. The number of hydrogen-bond donors (Lipinski definition) is 1. The molecule has 0 aromatic heterocycles. The number of amides is 1. The van der Waals surface area contributed by atoms with Crippen molar-refractivity contribution in [2.24, 2.45) is 0 Å². The SMILES string of the molecule is CCC(NC(=O)c1ccccc1)c1ccccc1C(=O)OC. The molecule has 2 rings (SSSR count). The highest BCUT2D eigenvalue weighted by Crippen LogP contribution is 2.22. The highest BCUT2D eigenvalue weighted by molar-refractivity contribution is 5.95. The molecule has 2 aromatic carbocycles. The summed E-state index contributed by atoms with van der Waals surface area (Å²) < 4.78 is 4.81. The molecule has 0 aliphatic heterocycles. The first-order valence-corrected chi connectivity index (χ1v) is 7.20. The molecule has 0 radical (unpaired) electrons. The van der Waals surface area contributed by atoms with Crippen LogP contribution in [0.3, 0.4) is 0 Å². The summed E-state index contributed by atoms with van der Waals surface area (Å²) >= 11 is 0. The third-order valence-electron chi connectivity index (χ3n) is 3.49. The van der Waals surface area contributed by atoms with Gasteiger partial charge in [0.25, 0.3) is 5.91 Å². The Morgan fingerprint density at radius 2 is 1.68 bits per heavy atom. The van der Waals surface area contributed by atoms with Gasteiger partial charge in [-0.25, -0.2) is 4.79 Å². The van der Waals surface area contributed by atoms with Crippen molar-refractivity contribution < 1.29 is 14.3 Å². The molecule has 1 N–H and O–H groups in total. The van der Waals surface area contributed by atoms with Gasteiger partial charge in [-0.3, -0.25) is 4.79 Å². The summed E-state index contributed by atoms with van der Waals surface area (Å²) in [4.78, 5) is 24.2. The van der Waals surface area contributed by atoms with Gasteiger partial charge in [0, 0.05) is 5.56 Å². The largest absolute Gasteiger partial charge is 0.465 e. The van der Waals surface area contributed by atoms with Crippen LogP contribution in [0.15, 0.2) is 54.6 Å².